The van der Waals surface area contributed by atoms with E-state index >= 15 is 0 Å². The molecule has 5 N–H and O–H groups in total. The van der Waals surface area contributed by atoms with Crippen LogP contribution in [-0.4, -0.2) is 25.0 Å². The zero-order valence-corrected chi connectivity index (χ0v) is 23.0. The summed E-state index contributed by atoms with van der Waals surface area (Å²) < 4.78 is 5.30. The van der Waals surface area contributed by atoms with Crippen LogP contribution in [0, 0.1) is 0 Å². The summed E-state index contributed by atoms with van der Waals surface area (Å²) in [5.74, 6) is 0.368. The lowest BCUT2D eigenvalue weighted by Gasteiger charge is -2.18. The predicted octanol–water partition coefficient (Wildman–Crippen LogP) is 4.65. The van der Waals surface area contributed by atoms with E-state index in [9.17, 15) is 9.59 Å². The molecule has 0 aliphatic carbocycles. The van der Waals surface area contributed by atoms with E-state index in [1.165, 1.54) is 0 Å². The van der Waals surface area contributed by atoms with Gasteiger partial charge in [-0.25, -0.2) is 9.79 Å². The number of methoxy groups -OCH3 is 1. The molecule has 1 unspecified atom stereocenters. The highest BCUT2D eigenvalue weighted by Crippen LogP contribution is 2.22. The third-order valence-electron chi connectivity index (χ3n) is 6.56. The van der Waals surface area contributed by atoms with Crippen LogP contribution in [0.3, 0.4) is 0 Å². The van der Waals surface area contributed by atoms with E-state index in [2.05, 4.69) is 20.9 Å². The van der Waals surface area contributed by atoms with Crippen molar-refractivity contribution in [3.8, 4) is 5.75 Å². The Kier molecular flexibility index (Phi) is 10.5. The highest BCUT2D eigenvalue weighted by molar-refractivity contribution is 5.95. The van der Waals surface area contributed by atoms with E-state index in [1.54, 1.807) is 7.11 Å². The standard InChI is InChI=1S/C33H35N5O3/c1-41-30-18-9-8-17-28(30)23-37-33(40)38-32(34)36-22-26-14-10-13-25(19-26)21-35-31(39)29(27-15-6-3-7-16-27)20-24-11-4-2-5-12-24/h2-19,29H,20-23H2,1H3,(H,35,39)(H4,34,36,37,38,40). The first-order chi connectivity index (χ1) is 20.0. The summed E-state index contributed by atoms with van der Waals surface area (Å²) >= 11 is 0. The lowest BCUT2D eigenvalue weighted by Crippen LogP contribution is -2.43. The highest BCUT2D eigenvalue weighted by atomic mass is 16.5. The van der Waals surface area contributed by atoms with Gasteiger partial charge in [0, 0.05) is 18.7 Å². The van der Waals surface area contributed by atoms with E-state index in [0.29, 0.717) is 18.7 Å². The number of carbonyl (C=O) groups is 2. The maximum absolute atomic E-state index is 13.3. The Morgan fingerprint density at radius 3 is 2.20 bits per heavy atom. The smallest absolute Gasteiger partial charge is 0.321 e. The van der Waals surface area contributed by atoms with Gasteiger partial charge in [-0.15, -0.1) is 0 Å². The molecule has 0 aromatic heterocycles. The van der Waals surface area contributed by atoms with Gasteiger partial charge in [0.2, 0.25) is 5.91 Å². The number of ether oxygens (including phenoxy) is 1. The Morgan fingerprint density at radius 1 is 0.780 bits per heavy atom. The number of urea groups is 1. The molecular formula is C33H35N5O3. The Labute approximate surface area is 240 Å². The zero-order chi connectivity index (χ0) is 28.9. The van der Waals surface area contributed by atoms with Gasteiger partial charge in [0.15, 0.2) is 5.96 Å². The molecule has 0 radical (unpaired) electrons. The van der Waals surface area contributed by atoms with Crippen LogP contribution in [0.5, 0.6) is 5.75 Å². The lowest BCUT2D eigenvalue weighted by atomic mass is 9.91. The van der Waals surface area contributed by atoms with E-state index < -0.39 is 6.03 Å². The minimum absolute atomic E-state index is 0.00727. The largest absolute Gasteiger partial charge is 0.496 e. The van der Waals surface area contributed by atoms with Crippen molar-refractivity contribution in [2.24, 2.45) is 10.7 Å². The summed E-state index contributed by atoms with van der Waals surface area (Å²) in [6.45, 7) is 0.946. The quantitative estimate of drug-likeness (QED) is 0.161. The predicted molar refractivity (Wildman–Crippen MR) is 161 cm³/mol. The summed E-state index contributed by atoms with van der Waals surface area (Å²) in [6.07, 6.45) is 0.615. The number of hydrogen-bond acceptors (Lipinski definition) is 4. The third kappa shape index (κ3) is 8.96. The van der Waals surface area contributed by atoms with Crippen LogP contribution >= 0.6 is 0 Å². The van der Waals surface area contributed by atoms with E-state index in [0.717, 1.165) is 27.8 Å². The normalized spacial score (nSPS) is 11.8. The number of amides is 3. The first kappa shape index (κ1) is 28.9. The number of para-hydroxylation sites is 1. The number of hydrogen-bond donors (Lipinski definition) is 4. The van der Waals surface area contributed by atoms with Crippen molar-refractivity contribution in [3.05, 3.63) is 137 Å². The summed E-state index contributed by atoms with van der Waals surface area (Å²) in [4.78, 5) is 29.8. The van der Waals surface area contributed by atoms with Crippen LogP contribution in [0.25, 0.3) is 0 Å². The molecule has 4 aromatic carbocycles. The van der Waals surface area contributed by atoms with Gasteiger partial charge in [-0.2, -0.15) is 0 Å². The number of guanidine groups is 1. The average molecular weight is 550 g/mol. The molecule has 0 spiro atoms. The number of nitrogens with two attached hydrogens (primary N) is 1. The fourth-order valence-corrected chi connectivity index (χ4v) is 4.45. The first-order valence-electron chi connectivity index (χ1n) is 13.4. The van der Waals surface area contributed by atoms with Crippen molar-refractivity contribution in [1.29, 1.82) is 0 Å². The van der Waals surface area contributed by atoms with E-state index in [4.69, 9.17) is 10.5 Å². The van der Waals surface area contributed by atoms with Crippen LogP contribution in [0.15, 0.2) is 114 Å². The van der Waals surface area contributed by atoms with Crippen molar-refractivity contribution >= 4 is 17.9 Å². The molecule has 210 valence electrons. The molecule has 1 atom stereocenters. The molecule has 0 saturated carbocycles. The number of rotatable bonds is 11. The summed E-state index contributed by atoms with van der Waals surface area (Å²) in [6, 6.07) is 34.6. The van der Waals surface area contributed by atoms with Crippen molar-refractivity contribution in [2.75, 3.05) is 7.11 Å². The van der Waals surface area contributed by atoms with Crippen LogP contribution < -0.4 is 26.4 Å². The highest BCUT2D eigenvalue weighted by Gasteiger charge is 2.21. The van der Waals surface area contributed by atoms with Crippen LogP contribution in [0.1, 0.15) is 33.7 Å². The van der Waals surface area contributed by atoms with Crippen LogP contribution in [0.4, 0.5) is 4.79 Å². The molecule has 3 amide bonds. The summed E-state index contributed by atoms with van der Waals surface area (Å²) in [5, 5.41) is 8.38. The van der Waals surface area contributed by atoms with Crippen LogP contribution in [-0.2, 0) is 30.8 Å². The zero-order valence-electron chi connectivity index (χ0n) is 23.0. The molecule has 0 aliphatic rings. The molecule has 0 aliphatic heterocycles. The van der Waals surface area contributed by atoms with Gasteiger partial charge in [0.05, 0.1) is 19.6 Å². The second-order valence-corrected chi connectivity index (χ2v) is 9.51. The van der Waals surface area contributed by atoms with E-state index in [-0.39, 0.29) is 30.9 Å². The second-order valence-electron chi connectivity index (χ2n) is 9.51. The SMILES string of the molecule is COc1ccccc1CNC(=O)NC(N)=NCc1cccc(CNC(=O)C(Cc2ccccc2)c2ccccc2)c1. The molecule has 41 heavy (non-hydrogen) atoms. The maximum atomic E-state index is 13.3. The van der Waals surface area contributed by atoms with Gasteiger partial charge < -0.3 is 21.1 Å². The topological polar surface area (TPSA) is 118 Å². The second kappa shape index (κ2) is 14.9. The summed E-state index contributed by atoms with van der Waals surface area (Å²) in [5.41, 5.74) is 10.7. The number of aliphatic imine (C=N–C) groups is 1. The summed E-state index contributed by atoms with van der Waals surface area (Å²) in [7, 11) is 1.58. The average Bonchev–Trinajstić information content (AvgIpc) is 3.01. The molecule has 0 saturated heterocycles. The Balaban J connectivity index is 1.30. The monoisotopic (exact) mass is 549 g/mol. The van der Waals surface area contributed by atoms with Crippen molar-refractivity contribution in [2.45, 2.75) is 32.0 Å². The number of benzene rings is 4. The fourth-order valence-electron chi connectivity index (χ4n) is 4.45. The van der Waals surface area contributed by atoms with Gasteiger partial charge in [0.1, 0.15) is 5.75 Å². The van der Waals surface area contributed by atoms with E-state index in [1.807, 2.05) is 109 Å². The molecule has 8 nitrogen and oxygen atoms in total. The minimum Gasteiger partial charge on any atom is -0.496 e. The number of carbonyl (C=O) groups excluding carboxylic acids is 2. The number of nitrogens with one attached hydrogen (secondary N) is 3. The van der Waals surface area contributed by atoms with Gasteiger partial charge in [-0.3, -0.25) is 10.1 Å². The van der Waals surface area contributed by atoms with Gasteiger partial charge >= 0.3 is 6.03 Å². The Bertz CT molecular complexity index is 1460. The third-order valence-corrected chi connectivity index (χ3v) is 6.56. The molecule has 0 fully saturated rings. The van der Waals surface area contributed by atoms with Crippen molar-refractivity contribution in [3.63, 3.8) is 0 Å². The van der Waals surface area contributed by atoms with Crippen LogP contribution in [0.2, 0.25) is 0 Å². The van der Waals surface area contributed by atoms with Gasteiger partial charge in [0.25, 0.3) is 0 Å². The minimum atomic E-state index is -0.461. The molecule has 0 bridgehead atoms. The van der Waals surface area contributed by atoms with Crippen molar-refractivity contribution in [1.82, 2.24) is 16.0 Å². The number of nitrogens with zero attached hydrogens (tertiary/aromatic N) is 1. The molecule has 0 heterocycles. The molecule has 4 aromatic rings. The molecule has 4 rings (SSSR count). The Morgan fingerprint density at radius 2 is 1.44 bits per heavy atom. The molecule has 8 heteroatoms. The molecular weight excluding hydrogens is 514 g/mol. The lowest BCUT2D eigenvalue weighted by molar-refractivity contribution is -0.122. The van der Waals surface area contributed by atoms with Gasteiger partial charge in [-0.05, 0) is 34.7 Å². The fraction of sp³-hybridized carbons (Fsp3) is 0.182. The van der Waals surface area contributed by atoms with Crippen molar-refractivity contribution < 1.29 is 14.3 Å². The first-order valence-corrected chi connectivity index (χ1v) is 13.4. The van der Waals surface area contributed by atoms with Gasteiger partial charge in [-0.1, -0.05) is 103 Å². The maximum Gasteiger partial charge on any atom is 0.321 e. The Hall–Kier alpha value is -5.11.